The van der Waals surface area contributed by atoms with Gasteiger partial charge in [0, 0.05) is 12.2 Å². The third-order valence-electron chi connectivity index (χ3n) is 3.89. The molecule has 6 heteroatoms. The van der Waals surface area contributed by atoms with E-state index in [9.17, 15) is 13.2 Å². The lowest BCUT2D eigenvalue weighted by atomic mass is 9.86. The summed E-state index contributed by atoms with van der Waals surface area (Å²) in [7, 11) is 1.85. The maximum Gasteiger partial charge on any atom is 0.419 e. The van der Waals surface area contributed by atoms with Gasteiger partial charge in [-0.15, -0.1) is 0 Å². The van der Waals surface area contributed by atoms with Crippen LogP contribution >= 0.6 is 0 Å². The van der Waals surface area contributed by atoms with Crippen LogP contribution in [0.3, 0.4) is 0 Å². The summed E-state index contributed by atoms with van der Waals surface area (Å²) in [5.74, 6) is 0. The van der Waals surface area contributed by atoms with Crippen molar-refractivity contribution in [1.82, 2.24) is 15.1 Å². The number of aromatic nitrogens is 2. The molecular weight excluding hydrogens is 243 g/mol. The number of likely N-dealkylation sites (N-methyl/N-ethyl adjacent to an activating group) is 1. The van der Waals surface area contributed by atoms with Gasteiger partial charge >= 0.3 is 6.18 Å². The minimum atomic E-state index is -4.32. The fourth-order valence-electron chi connectivity index (χ4n) is 2.90. The maximum absolute atomic E-state index is 12.6. The normalized spacial score (nSPS) is 27.7. The average molecular weight is 261 g/mol. The molecule has 2 rings (SSSR count). The molecule has 1 heterocycles. The van der Waals surface area contributed by atoms with Gasteiger partial charge in [0.15, 0.2) is 0 Å². The van der Waals surface area contributed by atoms with Crippen molar-refractivity contribution < 1.29 is 13.2 Å². The third kappa shape index (κ3) is 2.25. The lowest BCUT2D eigenvalue weighted by Crippen LogP contribution is -2.40. The molecule has 1 aromatic heterocycles. The van der Waals surface area contributed by atoms with E-state index in [4.69, 9.17) is 0 Å². The minimum absolute atomic E-state index is 0.0129. The largest absolute Gasteiger partial charge is 0.419 e. The van der Waals surface area contributed by atoms with E-state index in [0.717, 1.165) is 25.2 Å². The first-order chi connectivity index (χ1) is 8.25. The summed E-state index contributed by atoms with van der Waals surface area (Å²) >= 11 is 0. The zero-order valence-electron chi connectivity index (χ0n) is 10.8. The molecule has 3 nitrogen and oxygen atoms in total. The lowest BCUT2D eigenvalue weighted by Gasteiger charge is -2.30. The molecule has 0 saturated heterocycles. The van der Waals surface area contributed by atoms with Crippen LogP contribution < -0.4 is 5.32 Å². The van der Waals surface area contributed by atoms with E-state index in [1.165, 1.54) is 4.68 Å². The number of nitrogens with one attached hydrogen (secondary N) is 1. The van der Waals surface area contributed by atoms with Gasteiger partial charge in [-0.05, 0) is 25.3 Å². The lowest BCUT2D eigenvalue weighted by molar-refractivity contribution is -0.137. The van der Waals surface area contributed by atoms with Crippen molar-refractivity contribution in [2.75, 3.05) is 7.05 Å². The van der Waals surface area contributed by atoms with E-state index < -0.39 is 11.7 Å². The Morgan fingerprint density at radius 3 is 2.61 bits per heavy atom. The SMILES string of the molecule is CNC1C(n2cc(C(F)(F)F)cn2)CCC1(C)C. The monoisotopic (exact) mass is 261 g/mol. The molecular formula is C12H18F3N3. The molecule has 2 unspecified atom stereocenters. The van der Waals surface area contributed by atoms with Gasteiger partial charge in [0.05, 0.1) is 17.8 Å². The van der Waals surface area contributed by atoms with Crippen LogP contribution in [0.5, 0.6) is 0 Å². The molecule has 18 heavy (non-hydrogen) atoms. The van der Waals surface area contributed by atoms with Crippen molar-refractivity contribution >= 4 is 0 Å². The second-order valence-corrected chi connectivity index (χ2v) is 5.57. The van der Waals surface area contributed by atoms with E-state index in [2.05, 4.69) is 24.3 Å². The highest BCUT2D eigenvalue weighted by Gasteiger charge is 2.43. The molecule has 102 valence electrons. The second kappa shape index (κ2) is 4.26. The van der Waals surface area contributed by atoms with Crippen molar-refractivity contribution in [3.63, 3.8) is 0 Å². The number of alkyl halides is 3. The zero-order chi connectivity index (χ0) is 13.6. The minimum Gasteiger partial charge on any atom is -0.314 e. The predicted octanol–water partition coefficient (Wildman–Crippen LogP) is 2.85. The van der Waals surface area contributed by atoms with Gasteiger partial charge in [-0.25, -0.2) is 0 Å². The summed E-state index contributed by atoms with van der Waals surface area (Å²) in [5.41, 5.74) is -0.605. The first kappa shape index (κ1) is 13.4. The molecule has 1 aliphatic carbocycles. The maximum atomic E-state index is 12.6. The Kier molecular flexibility index (Phi) is 3.17. The van der Waals surface area contributed by atoms with E-state index in [0.29, 0.717) is 0 Å². The number of halogens is 3. The van der Waals surface area contributed by atoms with E-state index in [1.54, 1.807) is 0 Å². The number of hydrogen-bond donors (Lipinski definition) is 1. The molecule has 1 aliphatic rings. The van der Waals surface area contributed by atoms with Crippen LogP contribution in [0.25, 0.3) is 0 Å². The summed E-state index contributed by atoms with van der Waals surface area (Å²) in [4.78, 5) is 0. The van der Waals surface area contributed by atoms with Crippen molar-refractivity contribution in [2.45, 2.75) is 44.9 Å². The van der Waals surface area contributed by atoms with Gasteiger partial charge in [-0.2, -0.15) is 18.3 Å². The highest BCUT2D eigenvalue weighted by molar-refractivity contribution is 5.10. The van der Waals surface area contributed by atoms with Crippen LogP contribution in [0.2, 0.25) is 0 Å². The number of hydrogen-bond acceptors (Lipinski definition) is 2. The summed E-state index contributed by atoms with van der Waals surface area (Å²) in [6.07, 6.45) is -0.488. The fraction of sp³-hybridized carbons (Fsp3) is 0.750. The van der Waals surface area contributed by atoms with Crippen LogP contribution in [0.15, 0.2) is 12.4 Å². The fourth-order valence-corrected chi connectivity index (χ4v) is 2.90. The molecule has 0 radical (unpaired) electrons. The standard InChI is InChI=1S/C12H18F3N3/c1-11(2)5-4-9(10(11)16-3)18-7-8(6-17-18)12(13,14)15/h6-7,9-10,16H,4-5H2,1-3H3. The Hall–Kier alpha value is -1.04. The van der Waals surface area contributed by atoms with Crippen molar-refractivity contribution in [3.8, 4) is 0 Å². The Labute approximate surface area is 104 Å². The van der Waals surface area contributed by atoms with Crippen molar-refractivity contribution in [3.05, 3.63) is 18.0 Å². The molecule has 0 aliphatic heterocycles. The zero-order valence-corrected chi connectivity index (χ0v) is 10.8. The van der Waals surface area contributed by atoms with E-state index >= 15 is 0 Å². The summed E-state index contributed by atoms with van der Waals surface area (Å²) in [6.45, 7) is 4.25. The molecule has 1 fully saturated rings. The van der Waals surface area contributed by atoms with Crippen LogP contribution in [-0.2, 0) is 6.18 Å². The third-order valence-corrected chi connectivity index (χ3v) is 3.89. The van der Waals surface area contributed by atoms with E-state index in [-0.39, 0.29) is 17.5 Å². The highest BCUT2D eigenvalue weighted by Crippen LogP contribution is 2.43. The van der Waals surface area contributed by atoms with Gasteiger partial charge in [-0.3, -0.25) is 4.68 Å². The Balaban J connectivity index is 2.25. The summed E-state index contributed by atoms with van der Waals surface area (Å²) in [5, 5.41) is 7.09. The number of nitrogens with zero attached hydrogens (tertiary/aromatic N) is 2. The van der Waals surface area contributed by atoms with Crippen molar-refractivity contribution in [2.24, 2.45) is 5.41 Å². The van der Waals surface area contributed by atoms with Crippen LogP contribution in [0, 0.1) is 5.41 Å². The van der Waals surface area contributed by atoms with Gasteiger partial charge in [-0.1, -0.05) is 13.8 Å². The Bertz CT molecular complexity index is 422. The number of rotatable bonds is 2. The quantitative estimate of drug-likeness (QED) is 0.887. The molecule has 0 amide bonds. The van der Waals surface area contributed by atoms with Gasteiger partial charge in [0.25, 0.3) is 0 Å². The van der Waals surface area contributed by atoms with E-state index in [1.807, 2.05) is 7.05 Å². The average Bonchev–Trinajstić information content (AvgIpc) is 2.80. The van der Waals surface area contributed by atoms with Crippen LogP contribution in [0.1, 0.15) is 38.3 Å². The molecule has 2 atom stereocenters. The summed E-state index contributed by atoms with van der Waals surface area (Å²) < 4.78 is 39.1. The first-order valence-electron chi connectivity index (χ1n) is 6.04. The van der Waals surface area contributed by atoms with Gasteiger partial charge in [0.1, 0.15) is 0 Å². The molecule has 1 saturated carbocycles. The summed E-state index contributed by atoms with van der Waals surface area (Å²) in [6, 6.07) is 0.125. The smallest absolute Gasteiger partial charge is 0.314 e. The molecule has 1 N–H and O–H groups in total. The van der Waals surface area contributed by atoms with Crippen molar-refractivity contribution in [1.29, 1.82) is 0 Å². The molecule has 0 bridgehead atoms. The van der Waals surface area contributed by atoms with Crippen LogP contribution in [-0.4, -0.2) is 22.9 Å². The highest BCUT2D eigenvalue weighted by atomic mass is 19.4. The van der Waals surface area contributed by atoms with Gasteiger partial charge in [0.2, 0.25) is 0 Å². The molecule has 1 aromatic rings. The second-order valence-electron chi connectivity index (χ2n) is 5.57. The van der Waals surface area contributed by atoms with Gasteiger partial charge < -0.3 is 5.32 Å². The molecule has 0 aromatic carbocycles. The molecule has 0 spiro atoms. The Morgan fingerprint density at radius 2 is 2.11 bits per heavy atom. The predicted molar refractivity (Wildman–Crippen MR) is 62.1 cm³/mol. The Morgan fingerprint density at radius 1 is 1.44 bits per heavy atom. The topological polar surface area (TPSA) is 29.9 Å². The first-order valence-corrected chi connectivity index (χ1v) is 6.04. The van der Waals surface area contributed by atoms with Crippen LogP contribution in [0.4, 0.5) is 13.2 Å².